The minimum atomic E-state index is -4.52. The first-order chi connectivity index (χ1) is 8.67. The summed E-state index contributed by atoms with van der Waals surface area (Å²) in [5.41, 5.74) is -0.348. The Kier molecular flexibility index (Phi) is 3.50. The van der Waals surface area contributed by atoms with E-state index in [2.05, 4.69) is 15.2 Å². The van der Waals surface area contributed by atoms with Crippen LogP contribution in [0.3, 0.4) is 0 Å². The third-order valence-electron chi connectivity index (χ3n) is 2.45. The first-order valence-corrected chi connectivity index (χ1v) is 6.51. The molecule has 106 valence electrons. The van der Waals surface area contributed by atoms with Gasteiger partial charge in [0, 0.05) is 13.5 Å². The Morgan fingerprint density at radius 3 is 2.58 bits per heavy atom. The van der Waals surface area contributed by atoms with Crippen LogP contribution in [0.25, 0.3) is 0 Å². The summed E-state index contributed by atoms with van der Waals surface area (Å²) in [7, 11) is 1.44. The molecule has 0 atom stereocenters. The lowest BCUT2D eigenvalue weighted by molar-refractivity contribution is -0.145. The molecule has 0 saturated carbocycles. The zero-order chi connectivity index (χ0) is 14.3. The highest BCUT2D eigenvalue weighted by Gasteiger charge is 2.37. The quantitative estimate of drug-likeness (QED) is 0.841. The van der Waals surface area contributed by atoms with Gasteiger partial charge in [-0.05, 0) is 13.8 Å². The Morgan fingerprint density at radius 1 is 1.42 bits per heavy atom. The van der Waals surface area contributed by atoms with Crippen LogP contribution in [0.4, 0.5) is 13.2 Å². The molecule has 0 amide bonds. The number of nitrogens with zero attached hydrogens (tertiary/aromatic N) is 4. The second kappa shape index (κ2) is 4.69. The van der Waals surface area contributed by atoms with Crippen LogP contribution >= 0.6 is 11.8 Å². The molecule has 1 aliphatic rings. The van der Waals surface area contributed by atoms with Crippen molar-refractivity contribution >= 4 is 16.8 Å². The summed E-state index contributed by atoms with van der Waals surface area (Å²) in [5, 5.41) is 7.99. The maximum Gasteiger partial charge on any atom is 0.453 e. The molecule has 2 rings (SSSR count). The highest BCUT2D eigenvalue weighted by atomic mass is 32.2. The molecule has 0 saturated heterocycles. The summed E-state index contributed by atoms with van der Waals surface area (Å²) in [6, 6.07) is 0. The number of halogens is 3. The van der Waals surface area contributed by atoms with E-state index in [1.807, 2.05) is 13.8 Å². The maximum atomic E-state index is 12.4. The molecule has 0 radical (unpaired) electrons. The van der Waals surface area contributed by atoms with Gasteiger partial charge in [-0.1, -0.05) is 16.9 Å². The first kappa shape index (κ1) is 14.2. The van der Waals surface area contributed by atoms with E-state index in [0.717, 1.165) is 9.73 Å². The Hall–Kier alpha value is -1.25. The van der Waals surface area contributed by atoms with Crippen molar-refractivity contribution < 1.29 is 18.0 Å². The van der Waals surface area contributed by atoms with Gasteiger partial charge in [-0.2, -0.15) is 13.2 Å². The zero-order valence-electron chi connectivity index (χ0n) is 10.7. The molecular formula is C10H13F3N4OS. The summed E-state index contributed by atoms with van der Waals surface area (Å²) >= 11 is 1.31. The van der Waals surface area contributed by atoms with Gasteiger partial charge in [0.15, 0.2) is 0 Å². The lowest BCUT2D eigenvalue weighted by Gasteiger charge is -2.12. The van der Waals surface area contributed by atoms with Crippen molar-refractivity contribution in [2.45, 2.75) is 37.8 Å². The summed E-state index contributed by atoms with van der Waals surface area (Å²) < 4.78 is 38.4. The number of oxime groups is 1. The molecule has 1 aliphatic heterocycles. The molecule has 0 aromatic carbocycles. The minimum absolute atomic E-state index is 0.254. The fourth-order valence-corrected chi connectivity index (χ4v) is 2.58. The maximum absolute atomic E-state index is 12.4. The Morgan fingerprint density at radius 2 is 2.11 bits per heavy atom. The zero-order valence-corrected chi connectivity index (χ0v) is 11.5. The van der Waals surface area contributed by atoms with Crippen molar-refractivity contribution in [2.75, 3.05) is 0 Å². The van der Waals surface area contributed by atoms with Crippen LogP contribution in [0.1, 0.15) is 31.9 Å². The Labute approximate surface area is 112 Å². The van der Waals surface area contributed by atoms with Gasteiger partial charge < -0.3 is 4.84 Å². The fourth-order valence-electron chi connectivity index (χ4n) is 1.49. The first-order valence-electron chi connectivity index (χ1n) is 5.52. The predicted molar refractivity (Wildman–Crippen MR) is 64.5 cm³/mol. The third-order valence-corrected chi connectivity index (χ3v) is 3.40. The standard InChI is InChI=1S/C10H13F3N4OS/c1-9(2)4-7(16-18-9)19-5-6-14-8(10(11,12)13)15-17(6)3/h4-5H2,1-3H3. The fraction of sp³-hybridized carbons (Fsp3) is 0.700. The van der Waals surface area contributed by atoms with Gasteiger partial charge in [-0.25, -0.2) is 4.98 Å². The van der Waals surface area contributed by atoms with E-state index in [4.69, 9.17) is 4.84 Å². The van der Waals surface area contributed by atoms with Gasteiger partial charge in [-0.3, -0.25) is 4.68 Å². The number of rotatable bonds is 2. The third kappa shape index (κ3) is 3.40. The van der Waals surface area contributed by atoms with Crippen LogP contribution in [-0.4, -0.2) is 25.4 Å². The number of aryl methyl sites for hydroxylation is 1. The van der Waals surface area contributed by atoms with Gasteiger partial charge >= 0.3 is 6.18 Å². The molecule has 0 fully saturated rings. The van der Waals surface area contributed by atoms with Crippen molar-refractivity contribution in [1.82, 2.24) is 14.8 Å². The van der Waals surface area contributed by atoms with Gasteiger partial charge in [0.25, 0.3) is 5.82 Å². The van der Waals surface area contributed by atoms with Gasteiger partial charge in [0.1, 0.15) is 16.5 Å². The van der Waals surface area contributed by atoms with E-state index in [1.54, 1.807) is 0 Å². The summed E-state index contributed by atoms with van der Waals surface area (Å²) in [6.07, 6.45) is -3.88. The topological polar surface area (TPSA) is 52.3 Å². The second-order valence-corrected chi connectivity index (χ2v) is 5.82. The largest absolute Gasteiger partial charge is 0.453 e. The monoisotopic (exact) mass is 294 g/mol. The normalized spacial score (nSPS) is 18.3. The molecule has 5 nitrogen and oxygen atoms in total. The van der Waals surface area contributed by atoms with Crippen molar-refractivity contribution in [3.05, 3.63) is 11.6 Å². The molecule has 0 spiro atoms. The molecule has 0 aliphatic carbocycles. The van der Waals surface area contributed by atoms with Crippen LogP contribution in [-0.2, 0) is 23.8 Å². The van der Waals surface area contributed by atoms with E-state index in [1.165, 1.54) is 18.8 Å². The number of alkyl halides is 3. The van der Waals surface area contributed by atoms with Crippen LogP contribution in [0.5, 0.6) is 0 Å². The van der Waals surface area contributed by atoms with E-state index in [0.29, 0.717) is 6.42 Å². The van der Waals surface area contributed by atoms with Crippen molar-refractivity contribution in [1.29, 1.82) is 0 Å². The molecule has 0 bridgehead atoms. The number of hydrogen-bond donors (Lipinski definition) is 0. The van der Waals surface area contributed by atoms with Crippen LogP contribution in [0, 0.1) is 0 Å². The molecule has 2 heterocycles. The predicted octanol–water partition coefficient (Wildman–Crippen LogP) is 2.58. The molecule has 0 N–H and O–H groups in total. The van der Waals surface area contributed by atoms with Crippen molar-refractivity contribution in [3.63, 3.8) is 0 Å². The number of aromatic nitrogens is 3. The lowest BCUT2D eigenvalue weighted by atomic mass is 10.1. The van der Waals surface area contributed by atoms with Crippen LogP contribution < -0.4 is 0 Å². The van der Waals surface area contributed by atoms with E-state index in [9.17, 15) is 13.2 Å². The highest BCUT2D eigenvalue weighted by molar-refractivity contribution is 8.13. The van der Waals surface area contributed by atoms with Crippen molar-refractivity contribution in [3.8, 4) is 0 Å². The average molecular weight is 294 g/mol. The smallest absolute Gasteiger partial charge is 0.389 e. The second-order valence-electron chi connectivity index (χ2n) is 4.77. The molecule has 9 heteroatoms. The Balaban J connectivity index is 1.99. The van der Waals surface area contributed by atoms with Gasteiger partial charge in [0.2, 0.25) is 0 Å². The average Bonchev–Trinajstić information content (AvgIpc) is 2.78. The lowest BCUT2D eigenvalue weighted by Crippen LogP contribution is -2.18. The molecule has 0 unspecified atom stereocenters. The SMILES string of the molecule is Cn1nc(C(F)(F)F)nc1CSC1=NOC(C)(C)C1. The highest BCUT2D eigenvalue weighted by Crippen LogP contribution is 2.30. The van der Waals surface area contributed by atoms with E-state index in [-0.39, 0.29) is 17.2 Å². The Bertz CT molecular complexity index is 509. The van der Waals surface area contributed by atoms with Crippen LogP contribution in [0.15, 0.2) is 5.16 Å². The van der Waals surface area contributed by atoms with Gasteiger partial charge in [0.05, 0.1) is 5.75 Å². The van der Waals surface area contributed by atoms with E-state index >= 15 is 0 Å². The number of thioether (sulfide) groups is 1. The summed E-state index contributed by atoms with van der Waals surface area (Å²) in [5.74, 6) is -0.585. The van der Waals surface area contributed by atoms with Gasteiger partial charge in [-0.15, -0.1) is 5.10 Å². The number of hydrogen-bond acceptors (Lipinski definition) is 5. The van der Waals surface area contributed by atoms with Crippen molar-refractivity contribution in [2.24, 2.45) is 12.2 Å². The van der Waals surface area contributed by atoms with Crippen LogP contribution in [0.2, 0.25) is 0 Å². The molecule has 1 aromatic rings. The summed E-state index contributed by atoms with van der Waals surface area (Å²) in [4.78, 5) is 8.66. The molecule has 1 aromatic heterocycles. The molecular weight excluding hydrogens is 281 g/mol. The summed E-state index contributed by atoms with van der Waals surface area (Å²) in [6.45, 7) is 3.79. The minimum Gasteiger partial charge on any atom is -0.389 e. The molecule has 19 heavy (non-hydrogen) atoms. The van der Waals surface area contributed by atoms with E-state index < -0.39 is 12.0 Å².